The molecule has 1 atom stereocenters. The third kappa shape index (κ3) is 3.72. The number of hydrogen-bond donors (Lipinski definition) is 0. The Hall–Kier alpha value is -6.48. The summed E-state index contributed by atoms with van der Waals surface area (Å²) >= 11 is 0. The average Bonchev–Trinajstić information content (AvgIpc) is 3.73. The van der Waals surface area contributed by atoms with E-state index >= 15 is 0 Å². The van der Waals surface area contributed by atoms with Crippen LogP contribution in [0.3, 0.4) is 0 Å². The maximum atomic E-state index is 7.31. The summed E-state index contributed by atoms with van der Waals surface area (Å²) in [5, 5.41) is 7.36. The van der Waals surface area contributed by atoms with E-state index in [1.54, 1.807) is 0 Å². The van der Waals surface area contributed by atoms with Crippen LogP contribution < -0.4 is 15.3 Å². The highest BCUT2D eigenvalue weighted by atomic mass is 31.1. The van der Waals surface area contributed by atoms with Crippen LogP contribution in [-0.4, -0.2) is 14.7 Å². The van der Waals surface area contributed by atoms with Crippen molar-refractivity contribution in [2.24, 2.45) is 0 Å². The molecule has 12 rings (SSSR count). The van der Waals surface area contributed by atoms with Crippen LogP contribution in [0.5, 0.6) is 0 Å². The van der Waals surface area contributed by atoms with Gasteiger partial charge in [0.15, 0.2) is 5.76 Å². The second kappa shape index (κ2) is 10.5. The first-order chi connectivity index (χ1) is 25.8. The normalized spacial score (nSPS) is 15.8. The Kier molecular flexibility index (Phi) is 5.71. The fourth-order valence-electron chi connectivity index (χ4n) is 8.91. The zero-order valence-electron chi connectivity index (χ0n) is 28.0. The van der Waals surface area contributed by atoms with Crippen LogP contribution in [0.1, 0.15) is 5.56 Å². The van der Waals surface area contributed by atoms with Crippen LogP contribution in [0.4, 0.5) is 5.69 Å². The summed E-state index contributed by atoms with van der Waals surface area (Å²) in [7, 11) is -1.66. The second-order valence-electron chi connectivity index (χ2n) is 13.7. The molecule has 3 aliphatic rings. The molecule has 0 amide bonds. The molecule has 0 spiro atoms. The number of aromatic nitrogens is 2. The topological polar surface area (TPSA) is 22.3 Å². The first-order valence-electron chi connectivity index (χ1n) is 17.8. The number of hydrogen-bond acceptors (Lipinski definition) is 2. The lowest BCUT2D eigenvalue weighted by Crippen LogP contribution is -2.44. The molecule has 0 saturated carbocycles. The van der Waals surface area contributed by atoms with E-state index in [-0.39, 0.29) is 0 Å². The van der Waals surface area contributed by atoms with Gasteiger partial charge in [0.05, 0.1) is 39.1 Å². The fourth-order valence-corrected chi connectivity index (χ4v) is 10.8. The van der Waals surface area contributed by atoms with Gasteiger partial charge in [-0.05, 0) is 59.9 Å². The maximum absolute atomic E-state index is 7.31. The molecule has 244 valence electrons. The molecule has 4 nitrogen and oxygen atoms in total. The molecule has 3 aliphatic heterocycles. The number of benzene rings is 7. The van der Waals surface area contributed by atoms with Gasteiger partial charge in [-0.15, -0.1) is 0 Å². The Morgan fingerprint density at radius 3 is 1.67 bits per heavy atom. The number of nitrogens with zero attached hydrogens (tertiary/aromatic N) is 3. The van der Waals surface area contributed by atoms with Gasteiger partial charge in [0.1, 0.15) is 7.92 Å². The van der Waals surface area contributed by atoms with Gasteiger partial charge in [0.25, 0.3) is 0 Å². The lowest BCUT2D eigenvalue weighted by Gasteiger charge is -2.40. The Morgan fingerprint density at radius 1 is 0.462 bits per heavy atom. The highest BCUT2D eigenvalue weighted by molar-refractivity contribution is 7.52. The molecule has 0 bridgehead atoms. The largest absolute Gasteiger partial charge is 0.457 e. The molecule has 9 aromatic rings. The van der Waals surface area contributed by atoms with Crippen LogP contribution in [-0.2, 0) is 4.52 Å². The van der Waals surface area contributed by atoms with Crippen molar-refractivity contribution >= 4 is 74.5 Å². The van der Waals surface area contributed by atoms with Crippen molar-refractivity contribution in [1.29, 1.82) is 0 Å². The zero-order valence-corrected chi connectivity index (χ0v) is 29.0. The Labute approximate surface area is 300 Å². The summed E-state index contributed by atoms with van der Waals surface area (Å²) in [6.45, 7) is 0. The minimum absolute atomic E-state index is 0.939. The molecule has 0 fully saturated rings. The van der Waals surface area contributed by atoms with Gasteiger partial charge in [0.2, 0.25) is 0 Å². The van der Waals surface area contributed by atoms with Crippen molar-refractivity contribution in [3.05, 3.63) is 192 Å². The van der Waals surface area contributed by atoms with Crippen LogP contribution in [0.25, 0.3) is 71.9 Å². The monoisotopic (exact) mass is 683 g/mol. The first kappa shape index (κ1) is 28.2. The summed E-state index contributed by atoms with van der Waals surface area (Å²) in [4.78, 5) is 2.45. The first-order valence-corrected chi connectivity index (χ1v) is 19.2. The smallest absolute Gasteiger partial charge is 0.157 e. The minimum Gasteiger partial charge on any atom is -0.457 e. The van der Waals surface area contributed by atoms with E-state index in [0.29, 0.717) is 0 Å². The van der Waals surface area contributed by atoms with Crippen LogP contribution in [0, 0.1) is 0 Å². The van der Waals surface area contributed by atoms with Crippen molar-refractivity contribution in [1.82, 2.24) is 8.90 Å². The highest BCUT2D eigenvalue weighted by Gasteiger charge is 2.36. The number of allylic oxidation sites excluding steroid dienone is 1. The number of para-hydroxylation sites is 4. The number of fused-ring (bicyclic) bond motifs is 15. The van der Waals surface area contributed by atoms with Crippen molar-refractivity contribution in [3.8, 4) is 16.8 Å². The molecule has 5 heteroatoms. The van der Waals surface area contributed by atoms with Crippen LogP contribution >= 0.6 is 7.92 Å². The quantitative estimate of drug-likeness (QED) is 0.169. The minimum atomic E-state index is -1.66. The van der Waals surface area contributed by atoms with E-state index in [0.717, 1.165) is 28.0 Å². The predicted molar refractivity (Wildman–Crippen MR) is 219 cm³/mol. The molecule has 7 aromatic carbocycles. The van der Waals surface area contributed by atoms with E-state index in [1.165, 1.54) is 71.2 Å². The van der Waals surface area contributed by atoms with Gasteiger partial charge >= 0.3 is 0 Å². The Balaban J connectivity index is 1.12. The Morgan fingerprint density at radius 2 is 1.00 bits per heavy atom. The molecule has 0 saturated heterocycles. The van der Waals surface area contributed by atoms with Crippen molar-refractivity contribution in [3.63, 3.8) is 0 Å². The number of anilines is 1. The van der Waals surface area contributed by atoms with Crippen LogP contribution in [0.15, 0.2) is 176 Å². The highest BCUT2D eigenvalue weighted by Crippen LogP contribution is 2.51. The van der Waals surface area contributed by atoms with Gasteiger partial charge in [-0.2, -0.15) is 0 Å². The van der Waals surface area contributed by atoms with Gasteiger partial charge in [-0.1, -0.05) is 121 Å². The summed E-state index contributed by atoms with van der Waals surface area (Å²) in [5.74, 6) is 3.26. The average molecular weight is 684 g/mol. The third-order valence-corrected chi connectivity index (χ3v) is 12.8. The summed E-state index contributed by atoms with van der Waals surface area (Å²) in [5.41, 5.74) is 13.1. The SMILES string of the molecule is C1=C2C(=c3ccccc3=C3c4ccccc4-c4cc(-n5c6ccccc6c6ccccc65)ccc4N23)O[PH](n2c3ccccc3c3ccccc32)=C1. The summed E-state index contributed by atoms with van der Waals surface area (Å²) in [6, 6.07) is 59.5. The van der Waals surface area contributed by atoms with E-state index in [4.69, 9.17) is 4.52 Å². The predicted octanol–water partition coefficient (Wildman–Crippen LogP) is 9.97. The van der Waals surface area contributed by atoms with E-state index < -0.39 is 7.92 Å². The second-order valence-corrected chi connectivity index (χ2v) is 15.4. The molecule has 1 unspecified atom stereocenters. The lowest BCUT2D eigenvalue weighted by molar-refractivity contribution is 0.566. The van der Waals surface area contributed by atoms with Gasteiger partial charge in [-0.25, -0.2) is 0 Å². The standard InChI is InChI=1S/C47H30N3OP/c1-2-18-36-31(13-1)39-29-30(48-40-21-9-5-14-32(40)33-15-6-10-22-41(33)48)25-26-42(39)49-45-27-28-52(51-47(45)38-20-4-3-19-37(38)46(36)49)50-43-23-11-7-16-34(43)35-17-8-12-24-44(35)50/h1-29,52H. The summed E-state index contributed by atoms with van der Waals surface area (Å²) < 4.78 is 12.2. The number of rotatable bonds is 2. The maximum Gasteiger partial charge on any atom is 0.157 e. The van der Waals surface area contributed by atoms with Crippen LogP contribution in [0.2, 0.25) is 0 Å². The van der Waals surface area contributed by atoms with Gasteiger partial charge in [0, 0.05) is 48.8 Å². The van der Waals surface area contributed by atoms with Gasteiger partial charge < -0.3 is 14.0 Å². The molecular weight excluding hydrogens is 654 g/mol. The molecule has 0 radical (unpaired) electrons. The van der Waals surface area contributed by atoms with Crippen molar-refractivity contribution < 1.29 is 4.52 Å². The Bertz CT molecular complexity index is 3130. The molecule has 52 heavy (non-hydrogen) atoms. The fraction of sp³-hybridized carbons (Fsp3) is 0. The van der Waals surface area contributed by atoms with Gasteiger partial charge in [-0.3, -0.25) is 4.34 Å². The molecule has 5 heterocycles. The molecule has 0 aliphatic carbocycles. The molecular formula is C47H30N3OP. The molecule has 0 N–H and O–H groups in total. The lowest BCUT2D eigenvalue weighted by atomic mass is 9.87. The van der Waals surface area contributed by atoms with E-state index in [1.807, 2.05) is 0 Å². The van der Waals surface area contributed by atoms with Crippen molar-refractivity contribution in [2.45, 2.75) is 0 Å². The summed E-state index contributed by atoms with van der Waals surface area (Å²) in [6.07, 6.45) is 2.32. The molecule has 2 aromatic heterocycles. The van der Waals surface area contributed by atoms with E-state index in [9.17, 15) is 0 Å². The van der Waals surface area contributed by atoms with E-state index in [2.05, 4.69) is 189 Å². The third-order valence-electron chi connectivity index (χ3n) is 11.0. The zero-order chi connectivity index (χ0) is 33.9. The van der Waals surface area contributed by atoms with Crippen molar-refractivity contribution in [2.75, 3.05) is 4.90 Å².